The molecule has 1 unspecified atom stereocenters. The maximum absolute atomic E-state index is 12.6. The summed E-state index contributed by atoms with van der Waals surface area (Å²) in [5, 5.41) is 1.84. The van der Waals surface area contributed by atoms with Gasteiger partial charge in [-0.25, -0.2) is 19.0 Å². The van der Waals surface area contributed by atoms with E-state index in [4.69, 9.17) is 5.84 Å². The van der Waals surface area contributed by atoms with Gasteiger partial charge < -0.3 is 5.43 Å². The second-order valence-electron chi connectivity index (χ2n) is 4.98. The molecule has 0 saturated carbocycles. The molecule has 4 N–H and O–H groups in total. The zero-order valence-electron chi connectivity index (χ0n) is 12.2. The van der Waals surface area contributed by atoms with E-state index in [9.17, 15) is 8.42 Å². The lowest BCUT2D eigenvalue weighted by molar-refractivity contribution is 0.525. The Morgan fingerprint density at radius 1 is 1.48 bits per heavy atom. The van der Waals surface area contributed by atoms with E-state index in [1.165, 1.54) is 15.7 Å². The molecule has 0 fully saturated rings. The molecule has 0 radical (unpaired) electrons. The van der Waals surface area contributed by atoms with E-state index >= 15 is 0 Å². The summed E-state index contributed by atoms with van der Waals surface area (Å²) < 4.78 is 29.4. The Hall–Kier alpha value is -1.16. The molecule has 118 valence electrons. The third kappa shape index (κ3) is 3.54. The topological polar surface area (TPSA) is 102 Å². The van der Waals surface area contributed by atoms with E-state index < -0.39 is 10.0 Å². The van der Waals surface area contributed by atoms with Crippen molar-refractivity contribution in [2.75, 3.05) is 5.43 Å². The molecular weight excluding hydrogens is 310 g/mol. The van der Waals surface area contributed by atoms with Crippen LogP contribution in [0.5, 0.6) is 0 Å². The predicted octanol–water partition coefficient (Wildman–Crippen LogP) is 1.93. The van der Waals surface area contributed by atoms with Crippen LogP contribution in [0.25, 0.3) is 4.96 Å². The van der Waals surface area contributed by atoms with Gasteiger partial charge in [0, 0.05) is 17.6 Å². The van der Waals surface area contributed by atoms with Gasteiger partial charge in [0.05, 0.1) is 0 Å². The Morgan fingerprint density at radius 3 is 2.90 bits per heavy atom. The molecule has 2 heterocycles. The highest BCUT2D eigenvalue weighted by atomic mass is 32.2. The predicted molar refractivity (Wildman–Crippen MR) is 84.8 cm³/mol. The van der Waals surface area contributed by atoms with Crippen LogP contribution < -0.4 is 16.0 Å². The number of nitrogens with zero attached hydrogens (tertiary/aromatic N) is 2. The number of anilines is 1. The second kappa shape index (κ2) is 6.73. The largest absolute Gasteiger partial charge is 0.306 e. The molecule has 1 atom stereocenters. The molecule has 9 heteroatoms. The van der Waals surface area contributed by atoms with Crippen molar-refractivity contribution in [3.8, 4) is 0 Å². The summed E-state index contributed by atoms with van der Waals surface area (Å²) in [6.07, 6.45) is 5.69. The van der Waals surface area contributed by atoms with Crippen LogP contribution >= 0.6 is 11.3 Å². The lowest BCUT2D eigenvalue weighted by Crippen LogP contribution is -2.33. The van der Waals surface area contributed by atoms with Gasteiger partial charge in [-0.05, 0) is 13.3 Å². The fourth-order valence-electron chi connectivity index (χ4n) is 2.20. The fraction of sp³-hybridized carbons (Fsp3) is 0.583. The number of hydrazine groups is 1. The van der Waals surface area contributed by atoms with Gasteiger partial charge in [0.1, 0.15) is 0 Å². The van der Waals surface area contributed by atoms with Crippen molar-refractivity contribution >= 4 is 32.1 Å². The van der Waals surface area contributed by atoms with Crippen LogP contribution in [0.4, 0.5) is 5.82 Å². The van der Waals surface area contributed by atoms with Crippen LogP contribution in [0.1, 0.15) is 39.5 Å². The van der Waals surface area contributed by atoms with Gasteiger partial charge in [0.25, 0.3) is 10.0 Å². The lowest BCUT2D eigenvalue weighted by Gasteiger charge is -2.14. The molecule has 2 aromatic heterocycles. The minimum Gasteiger partial charge on any atom is -0.306 e. The molecule has 7 nitrogen and oxygen atoms in total. The molecule has 2 aromatic rings. The number of aromatic nitrogens is 2. The van der Waals surface area contributed by atoms with E-state index in [-0.39, 0.29) is 16.9 Å². The van der Waals surface area contributed by atoms with E-state index in [0.29, 0.717) is 4.96 Å². The number of unbranched alkanes of at least 4 members (excludes halogenated alkanes) is 2. The number of hydrogen-bond donors (Lipinski definition) is 3. The van der Waals surface area contributed by atoms with Crippen molar-refractivity contribution in [3.05, 3.63) is 11.6 Å². The molecular formula is C12H21N5O2S2. The number of nitrogen functional groups attached to an aromatic ring is 1. The number of nitrogens with one attached hydrogen (secondary N) is 2. The number of fused-ring (bicyclic) bond motifs is 1. The maximum atomic E-state index is 12.6. The maximum Gasteiger partial charge on any atom is 0.260 e. The van der Waals surface area contributed by atoms with E-state index in [1.54, 1.807) is 11.6 Å². The van der Waals surface area contributed by atoms with Crippen molar-refractivity contribution < 1.29 is 8.42 Å². The monoisotopic (exact) mass is 331 g/mol. The number of thiazole rings is 1. The zero-order chi connectivity index (χ0) is 15.5. The Morgan fingerprint density at radius 2 is 2.24 bits per heavy atom. The first-order valence-corrected chi connectivity index (χ1v) is 9.30. The van der Waals surface area contributed by atoms with Crippen LogP contribution in [0.3, 0.4) is 0 Å². The molecule has 0 aliphatic rings. The molecule has 0 saturated heterocycles. The first kappa shape index (κ1) is 16.2. The third-order valence-electron chi connectivity index (χ3n) is 3.21. The van der Waals surface area contributed by atoms with Gasteiger partial charge in [0.2, 0.25) is 5.03 Å². The van der Waals surface area contributed by atoms with Crippen molar-refractivity contribution in [2.45, 2.75) is 50.6 Å². The standard InChI is InChI=1S/C12H21N5O2S2/c1-3-4-5-6-9(2)16-21(18,19)11-10(15-13)14-12-17(11)7-8-20-12/h7-9,15-16H,3-6,13H2,1-2H3. The number of nitrogens with two attached hydrogens (primary N) is 1. The Kier molecular flexibility index (Phi) is 5.20. The van der Waals surface area contributed by atoms with Gasteiger partial charge in [-0.15, -0.1) is 11.3 Å². The summed E-state index contributed by atoms with van der Waals surface area (Å²) in [5.74, 6) is 5.55. The molecule has 0 amide bonds. The summed E-state index contributed by atoms with van der Waals surface area (Å²) in [6, 6.07) is -0.128. The quantitative estimate of drug-likeness (QED) is 0.390. The Balaban J connectivity index is 2.23. The van der Waals surface area contributed by atoms with Crippen LogP contribution in [0.2, 0.25) is 0 Å². The summed E-state index contributed by atoms with van der Waals surface area (Å²) in [4.78, 5) is 4.75. The summed E-state index contributed by atoms with van der Waals surface area (Å²) >= 11 is 1.35. The van der Waals surface area contributed by atoms with E-state index in [1.807, 2.05) is 6.92 Å². The molecule has 0 aliphatic heterocycles. The van der Waals surface area contributed by atoms with Crippen LogP contribution in [-0.4, -0.2) is 23.8 Å². The number of hydrogen-bond acceptors (Lipinski definition) is 6. The molecule has 0 aromatic carbocycles. The Bertz CT molecular complexity index is 692. The Labute approximate surface area is 128 Å². The van der Waals surface area contributed by atoms with Gasteiger partial charge in [-0.1, -0.05) is 26.2 Å². The minimum atomic E-state index is -3.68. The molecule has 0 bridgehead atoms. The summed E-state index contributed by atoms with van der Waals surface area (Å²) in [5.41, 5.74) is 2.36. The highest BCUT2D eigenvalue weighted by molar-refractivity contribution is 7.89. The highest BCUT2D eigenvalue weighted by Gasteiger charge is 2.26. The fourth-order valence-corrected chi connectivity index (χ4v) is 4.49. The number of sulfonamides is 1. The summed E-state index contributed by atoms with van der Waals surface area (Å²) in [6.45, 7) is 3.99. The third-order valence-corrected chi connectivity index (χ3v) is 5.57. The highest BCUT2D eigenvalue weighted by Crippen LogP contribution is 2.25. The number of rotatable bonds is 8. The molecule has 21 heavy (non-hydrogen) atoms. The number of imidazole rings is 1. The van der Waals surface area contributed by atoms with Crippen molar-refractivity contribution in [2.24, 2.45) is 5.84 Å². The molecule has 2 rings (SSSR count). The van der Waals surface area contributed by atoms with Gasteiger partial charge >= 0.3 is 0 Å². The van der Waals surface area contributed by atoms with Crippen LogP contribution in [0, 0.1) is 0 Å². The summed E-state index contributed by atoms with van der Waals surface area (Å²) in [7, 11) is -3.68. The van der Waals surface area contributed by atoms with E-state index in [0.717, 1.165) is 25.7 Å². The zero-order valence-corrected chi connectivity index (χ0v) is 13.8. The molecule has 0 spiro atoms. The van der Waals surface area contributed by atoms with E-state index in [2.05, 4.69) is 22.1 Å². The second-order valence-corrected chi connectivity index (χ2v) is 7.49. The van der Waals surface area contributed by atoms with Crippen molar-refractivity contribution in [3.63, 3.8) is 0 Å². The SMILES string of the molecule is CCCCCC(C)NS(=O)(=O)c1c(NN)nc2sccn12. The van der Waals surface area contributed by atoms with Gasteiger partial charge in [-0.3, -0.25) is 4.40 Å². The normalized spacial score (nSPS) is 13.7. The minimum absolute atomic E-state index is 0.0589. The smallest absolute Gasteiger partial charge is 0.260 e. The first-order chi connectivity index (χ1) is 9.99. The average molecular weight is 331 g/mol. The first-order valence-electron chi connectivity index (χ1n) is 6.94. The van der Waals surface area contributed by atoms with Crippen LogP contribution in [0.15, 0.2) is 16.6 Å². The van der Waals surface area contributed by atoms with Crippen molar-refractivity contribution in [1.82, 2.24) is 14.1 Å². The van der Waals surface area contributed by atoms with Crippen molar-refractivity contribution in [1.29, 1.82) is 0 Å². The molecule has 0 aliphatic carbocycles. The van der Waals surface area contributed by atoms with Crippen LogP contribution in [-0.2, 0) is 10.0 Å². The average Bonchev–Trinajstić information content (AvgIpc) is 2.97. The van der Waals surface area contributed by atoms with Gasteiger partial charge in [0.15, 0.2) is 10.8 Å². The van der Waals surface area contributed by atoms with Gasteiger partial charge in [-0.2, -0.15) is 4.98 Å². The lowest BCUT2D eigenvalue weighted by atomic mass is 10.1.